The predicted molar refractivity (Wildman–Crippen MR) is 83.8 cm³/mol. The highest BCUT2D eigenvalue weighted by Gasteiger charge is 2.12. The number of nitrogens with zero attached hydrogens (tertiary/aromatic N) is 2. The number of rotatable bonds is 8. The highest BCUT2D eigenvalue weighted by molar-refractivity contribution is 5.54. The third-order valence-corrected chi connectivity index (χ3v) is 2.83. The standard InChI is InChI=1S/C15H28N4/c1-6-17-13-8-14(10-16-9-13)18-15(7-12(2)3)11-19(4)5/h8-10,12,15,17-18H,6-7,11H2,1-5H3. The maximum absolute atomic E-state index is 4.28. The number of anilines is 2. The summed E-state index contributed by atoms with van der Waals surface area (Å²) in [5.41, 5.74) is 2.16. The molecule has 0 aliphatic rings. The van der Waals surface area contributed by atoms with E-state index in [4.69, 9.17) is 0 Å². The second kappa shape index (κ2) is 8.00. The first-order chi connectivity index (χ1) is 9.01. The van der Waals surface area contributed by atoms with Crippen LogP contribution in [0, 0.1) is 5.92 Å². The molecular weight excluding hydrogens is 236 g/mol. The van der Waals surface area contributed by atoms with Gasteiger partial charge >= 0.3 is 0 Å². The molecular formula is C15H28N4. The van der Waals surface area contributed by atoms with Gasteiger partial charge in [-0.1, -0.05) is 13.8 Å². The Morgan fingerprint density at radius 3 is 2.47 bits per heavy atom. The third kappa shape index (κ3) is 6.43. The molecule has 0 amide bonds. The van der Waals surface area contributed by atoms with Gasteiger partial charge < -0.3 is 15.5 Å². The molecule has 0 bridgehead atoms. The number of likely N-dealkylation sites (N-methyl/N-ethyl adjacent to an activating group) is 1. The maximum Gasteiger partial charge on any atom is 0.0550 e. The Morgan fingerprint density at radius 1 is 1.21 bits per heavy atom. The Labute approximate surface area is 117 Å². The van der Waals surface area contributed by atoms with Crippen molar-refractivity contribution in [3.63, 3.8) is 0 Å². The van der Waals surface area contributed by atoms with E-state index in [1.165, 1.54) is 0 Å². The smallest absolute Gasteiger partial charge is 0.0550 e. The zero-order valence-electron chi connectivity index (χ0n) is 12.9. The Morgan fingerprint density at radius 2 is 1.89 bits per heavy atom. The Balaban J connectivity index is 2.68. The summed E-state index contributed by atoms with van der Waals surface area (Å²) in [5, 5.41) is 6.89. The van der Waals surface area contributed by atoms with Gasteiger partial charge in [-0.3, -0.25) is 4.98 Å². The first kappa shape index (κ1) is 15.8. The number of nitrogens with one attached hydrogen (secondary N) is 2. The van der Waals surface area contributed by atoms with Crippen molar-refractivity contribution in [2.45, 2.75) is 33.2 Å². The molecule has 4 heteroatoms. The molecule has 4 nitrogen and oxygen atoms in total. The zero-order valence-corrected chi connectivity index (χ0v) is 12.9. The molecule has 108 valence electrons. The summed E-state index contributed by atoms with van der Waals surface area (Å²) in [4.78, 5) is 6.50. The van der Waals surface area contributed by atoms with E-state index in [0.29, 0.717) is 12.0 Å². The average molecular weight is 264 g/mol. The van der Waals surface area contributed by atoms with Gasteiger partial charge in [0.05, 0.1) is 23.8 Å². The monoisotopic (exact) mass is 264 g/mol. The van der Waals surface area contributed by atoms with Gasteiger partial charge in [0, 0.05) is 19.1 Å². The van der Waals surface area contributed by atoms with Crippen LogP contribution in [0.3, 0.4) is 0 Å². The Kier molecular flexibility index (Phi) is 6.64. The van der Waals surface area contributed by atoms with Crippen LogP contribution < -0.4 is 10.6 Å². The molecule has 0 saturated heterocycles. The summed E-state index contributed by atoms with van der Waals surface area (Å²) >= 11 is 0. The molecule has 1 atom stereocenters. The van der Waals surface area contributed by atoms with Crippen LogP contribution in [0.2, 0.25) is 0 Å². The van der Waals surface area contributed by atoms with Crippen LogP contribution in [0.1, 0.15) is 27.2 Å². The molecule has 0 aliphatic heterocycles. The van der Waals surface area contributed by atoms with Crippen molar-refractivity contribution in [2.75, 3.05) is 37.8 Å². The van der Waals surface area contributed by atoms with Crippen molar-refractivity contribution in [2.24, 2.45) is 5.92 Å². The molecule has 0 aliphatic carbocycles. The summed E-state index contributed by atoms with van der Waals surface area (Å²) < 4.78 is 0. The van der Waals surface area contributed by atoms with Gasteiger partial charge in [-0.05, 0) is 39.4 Å². The van der Waals surface area contributed by atoms with E-state index in [-0.39, 0.29) is 0 Å². The van der Waals surface area contributed by atoms with Crippen molar-refractivity contribution >= 4 is 11.4 Å². The zero-order chi connectivity index (χ0) is 14.3. The SMILES string of the molecule is CCNc1cncc(NC(CC(C)C)CN(C)C)c1. The molecule has 1 aromatic rings. The first-order valence-corrected chi connectivity index (χ1v) is 7.11. The van der Waals surface area contributed by atoms with Gasteiger partial charge in [0.1, 0.15) is 0 Å². The van der Waals surface area contributed by atoms with Crippen molar-refractivity contribution < 1.29 is 0 Å². The van der Waals surface area contributed by atoms with E-state index in [1.807, 2.05) is 12.4 Å². The van der Waals surface area contributed by atoms with Crippen LogP contribution in [0.15, 0.2) is 18.5 Å². The van der Waals surface area contributed by atoms with Gasteiger partial charge in [-0.2, -0.15) is 0 Å². The summed E-state index contributed by atoms with van der Waals surface area (Å²) in [5.74, 6) is 0.683. The first-order valence-electron chi connectivity index (χ1n) is 7.11. The molecule has 2 N–H and O–H groups in total. The molecule has 0 radical (unpaired) electrons. The van der Waals surface area contributed by atoms with Crippen LogP contribution in [-0.2, 0) is 0 Å². The minimum absolute atomic E-state index is 0.452. The lowest BCUT2D eigenvalue weighted by Crippen LogP contribution is -2.33. The van der Waals surface area contributed by atoms with Crippen LogP contribution in [0.5, 0.6) is 0 Å². The quantitative estimate of drug-likeness (QED) is 0.757. The fourth-order valence-corrected chi connectivity index (χ4v) is 2.24. The number of hydrogen-bond acceptors (Lipinski definition) is 4. The molecule has 1 unspecified atom stereocenters. The van der Waals surface area contributed by atoms with E-state index in [0.717, 1.165) is 30.9 Å². The molecule has 1 aromatic heterocycles. The summed E-state index contributed by atoms with van der Waals surface area (Å²) in [6, 6.07) is 2.58. The van der Waals surface area contributed by atoms with Crippen LogP contribution in [0.25, 0.3) is 0 Å². The molecule has 0 aromatic carbocycles. The predicted octanol–water partition coefficient (Wildman–Crippen LogP) is 2.90. The van der Waals surface area contributed by atoms with Crippen molar-refractivity contribution in [3.05, 3.63) is 18.5 Å². The lowest BCUT2D eigenvalue weighted by atomic mass is 10.0. The second-order valence-corrected chi connectivity index (χ2v) is 5.73. The minimum Gasteiger partial charge on any atom is -0.384 e. The van der Waals surface area contributed by atoms with Crippen LogP contribution in [0.4, 0.5) is 11.4 Å². The summed E-state index contributed by atoms with van der Waals surface area (Å²) in [6.07, 6.45) is 4.91. The molecule has 19 heavy (non-hydrogen) atoms. The lowest BCUT2D eigenvalue weighted by Gasteiger charge is -2.25. The van der Waals surface area contributed by atoms with E-state index in [9.17, 15) is 0 Å². The molecule has 0 fully saturated rings. The molecule has 1 rings (SSSR count). The van der Waals surface area contributed by atoms with Gasteiger partial charge in [-0.25, -0.2) is 0 Å². The summed E-state index contributed by atoms with van der Waals surface area (Å²) in [7, 11) is 4.23. The van der Waals surface area contributed by atoms with E-state index in [1.54, 1.807) is 0 Å². The number of pyridine rings is 1. The average Bonchev–Trinajstić information content (AvgIpc) is 2.27. The largest absolute Gasteiger partial charge is 0.384 e. The number of aromatic nitrogens is 1. The Bertz CT molecular complexity index is 353. The molecule has 1 heterocycles. The third-order valence-electron chi connectivity index (χ3n) is 2.83. The van der Waals surface area contributed by atoms with Gasteiger partial charge in [-0.15, -0.1) is 0 Å². The highest BCUT2D eigenvalue weighted by Crippen LogP contribution is 2.16. The van der Waals surface area contributed by atoms with E-state index >= 15 is 0 Å². The topological polar surface area (TPSA) is 40.2 Å². The normalized spacial score (nSPS) is 12.8. The Hall–Kier alpha value is -1.29. The number of hydrogen-bond donors (Lipinski definition) is 2. The minimum atomic E-state index is 0.452. The summed E-state index contributed by atoms with van der Waals surface area (Å²) in [6.45, 7) is 8.56. The molecule has 0 spiro atoms. The van der Waals surface area contributed by atoms with Gasteiger partial charge in [0.15, 0.2) is 0 Å². The van der Waals surface area contributed by atoms with Gasteiger partial charge in [0.25, 0.3) is 0 Å². The fraction of sp³-hybridized carbons (Fsp3) is 0.667. The molecule has 0 saturated carbocycles. The lowest BCUT2D eigenvalue weighted by molar-refractivity contribution is 0.356. The van der Waals surface area contributed by atoms with Crippen LogP contribution >= 0.6 is 0 Å². The van der Waals surface area contributed by atoms with E-state index in [2.05, 4.69) is 61.5 Å². The van der Waals surface area contributed by atoms with E-state index < -0.39 is 0 Å². The van der Waals surface area contributed by atoms with Crippen molar-refractivity contribution in [3.8, 4) is 0 Å². The maximum atomic E-state index is 4.28. The fourth-order valence-electron chi connectivity index (χ4n) is 2.24. The highest BCUT2D eigenvalue weighted by atomic mass is 15.1. The second-order valence-electron chi connectivity index (χ2n) is 5.73. The van der Waals surface area contributed by atoms with Crippen molar-refractivity contribution in [1.82, 2.24) is 9.88 Å². The van der Waals surface area contributed by atoms with Crippen LogP contribution in [-0.4, -0.2) is 43.1 Å². The van der Waals surface area contributed by atoms with Gasteiger partial charge in [0.2, 0.25) is 0 Å². The van der Waals surface area contributed by atoms with Crippen molar-refractivity contribution in [1.29, 1.82) is 0 Å².